The molecule has 0 aliphatic heterocycles. The zero-order valence-electron chi connectivity index (χ0n) is 7.44. The molecule has 1 heterocycles. The van der Waals surface area contributed by atoms with Gasteiger partial charge in [0.2, 0.25) is 9.05 Å². The molecule has 0 saturated carbocycles. The van der Waals surface area contributed by atoms with E-state index in [1.165, 1.54) is 6.20 Å². The second-order valence-electron chi connectivity index (χ2n) is 3.11. The lowest BCUT2D eigenvalue weighted by molar-refractivity contribution is 0.532. The topological polar surface area (TPSA) is 52.0 Å². The zero-order chi connectivity index (χ0) is 10.1. The van der Waals surface area contributed by atoms with Crippen LogP contribution < -0.4 is 0 Å². The van der Waals surface area contributed by atoms with Gasteiger partial charge in [-0.15, -0.1) is 0 Å². The van der Waals surface area contributed by atoms with E-state index in [0.29, 0.717) is 5.56 Å². The number of rotatable bonds is 3. The quantitative estimate of drug-likeness (QED) is 0.729. The van der Waals surface area contributed by atoms with Crippen LogP contribution in [-0.4, -0.2) is 18.2 Å². The molecule has 0 fully saturated rings. The highest BCUT2D eigenvalue weighted by molar-refractivity contribution is 8.13. The number of halogens is 1. The van der Waals surface area contributed by atoms with E-state index in [4.69, 9.17) is 10.7 Å². The van der Waals surface area contributed by atoms with E-state index in [0.717, 1.165) is 0 Å². The molecule has 6 heteroatoms. The van der Waals surface area contributed by atoms with Crippen molar-refractivity contribution in [3.63, 3.8) is 0 Å². The summed E-state index contributed by atoms with van der Waals surface area (Å²) in [4.78, 5) is 0. The van der Waals surface area contributed by atoms with E-state index in [1.807, 2.05) is 13.8 Å². The summed E-state index contributed by atoms with van der Waals surface area (Å²) in [5, 5.41) is 3.99. The number of hydrogen-bond acceptors (Lipinski definition) is 3. The molecule has 0 amide bonds. The van der Waals surface area contributed by atoms with Gasteiger partial charge in [0.25, 0.3) is 0 Å². The Morgan fingerprint density at radius 2 is 2.23 bits per heavy atom. The highest BCUT2D eigenvalue weighted by atomic mass is 35.7. The molecule has 1 aromatic heterocycles. The van der Waals surface area contributed by atoms with Crippen LogP contribution in [0.3, 0.4) is 0 Å². The Bertz CT molecular complexity index is 383. The SMILES string of the molecule is CC(C)n1cc(CS(=O)(=O)Cl)cn1. The van der Waals surface area contributed by atoms with E-state index < -0.39 is 9.05 Å². The molecular formula is C7H11ClN2O2S. The van der Waals surface area contributed by atoms with Gasteiger partial charge in [0.1, 0.15) is 0 Å². The van der Waals surface area contributed by atoms with Crippen LogP contribution in [0.4, 0.5) is 0 Å². The van der Waals surface area contributed by atoms with Crippen molar-refractivity contribution in [1.82, 2.24) is 9.78 Å². The van der Waals surface area contributed by atoms with Crippen LogP contribution in [0.25, 0.3) is 0 Å². The lowest BCUT2D eigenvalue weighted by Crippen LogP contribution is -2.00. The van der Waals surface area contributed by atoms with Crippen LogP contribution >= 0.6 is 10.7 Å². The van der Waals surface area contributed by atoms with Gasteiger partial charge in [0, 0.05) is 28.5 Å². The van der Waals surface area contributed by atoms with Gasteiger partial charge in [-0.3, -0.25) is 4.68 Å². The normalized spacial score (nSPS) is 12.3. The molecule has 13 heavy (non-hydrogen) atoms. The molecule has 0 atom stereocenters. The minimum Gasteiger partial charge on any atom is -0.270 e. The zero-order valence-corrected chi connectivity index (χ0v) is 9.01. The predicted molar refractivity (Wildman–Crippen MR) is 51.1 cm³/mol. The highest BCUT2D eigenvalue weighted by Gasteiger charge is 2.09. The fraction of sp³-hybridized carbons (Fsp3) is 0.571. The van der Waals surface area contributed by atoms with Gasteiger partial charge in [-0.25, -0.2) is 8.42 Å². The average molecular weight is 223 g/mol. The molecule has 0 unspecified atom stereocenters. The van der Waals surface area contributed by atoms with Gasteiger partial charge >= 0.3 is 0 Å². The van der Waals surface area contributed by atoms with E-state index in [1.54, 1.807) is 10.9 Å². The van der Waals surface area contributed by atoms with Gasteiger partial charge in [0.15, 0.2) is 0 Å². The molecule has 0 aliphatic carbocycles. The van der Waals surface area contributed by atoms with E-state index in [-0.39, 0.29) is 11.8 Å². The summed E-state index contributed by atoms with van der Waals surface area (Å²) in [6.45, 7) is 3.93. The fourth-order valence-corrected chi connectivity index (χ4v) is 1.86. The third kappa shape index (κ3) is 3.36. The number of nitrogens with zero attached hydrogens (tertiary/aromatic N) is 2. The van der Waals surface area contributed by atoms with Gasteiger partial charge in [-0.2, -0.15) is 5.10 Å². The summed E-state index contributed by atoms with van der Waals surface area (Å²) in [7, 11) is 1.62. The monoisotopic (exact) mass is 222 g/mol. The molecule has 1 rings (SSSR count). The molecule has 0 radical (unpaired) electrons. The van der Waals surface area contributed by atoms with Crippen LogP contribution in [0.5, 0.6) is 0 Å². The molecule has 1 aromatic rings. The second-order valence-corrected chi connectivity index (χ2v) is 5.88. The molecule has 0 N–H and O–H groups in total. The number of hydrogen-bond donors (Lipinski definition) is 0. The van der Waals surface area contributed by atoms with Crippen LogP contribution in [0.1, 0.15) is 25.5 Å². The lowest BCUT2D eigenvalue weighted by Gasteiger charge is -2.02. The Labute approximate surface area is 81.9 Å². The van der Waals surface area contributed by atoms with Crippen molar-refractivity contribution in [3.8, 4) is 0 Å². The largest absolute Gasteiger partial charge is 0.270 e. The molecular weight excluding hydrogens is 212 g/mol. The summed E-state index contributed by atoms with van der Waals surface area (Å²) in [6.07, 6.45) is 3.20. The third-order valence-electron chi connectivity index (χ3n) is 1.52. The Morgan fingerprint density at radius 1 is 1.62 bits per heavy atom. The first-order valence-corrected chi connectivity index (χ1v) is 6.31. The maximum Gasteiger partial charge on any atom is 0.236 e. The molecule has 4 nitrogen and oxygen atoms in total. The highest BCUT2D eigenvalue weighted by Crippen LogP contribution is 2.10. The Hall–Kier alpha value is -0.550. The summed E-state index contributed by atoms with van der Waals surface area (Å²) < 4.78 is 23.1. The van der Waals surface area contributed by atoms with Crippen molar-refractivity contribution < 1.29 is 8.42 Å². The second kappa shape index (κ2) is 3.67. The summed E-state index contributed by atoms with van der Waals surface area (Å²) in [5.74, 6) is -0.165. The van der Waals surface area contributed by atoms with Crippen molar-refractivity contribution >= 4 is 19.7 Å². The maximum absolute atomic E-state index is 10.7. The predicted octanol–water partition coefficient (Wildman–Crippen LogP) is 1.53. The summed E-state index contributed by atoms with van der Waals surface area (Å²) in [5.41, 5.74) is 0.615. The van der Waals surface area contributed by atoms with Crippen LogP contribution in [-0.2, 0) is 14.8 Å². The summed E-state index contributed by atoms with van der Waals surface area (Å²) in [6, 6.07) is 0.228. The average Bonchev–Trinajstić information content (AvgIpc) is 2.31. The van der Waals surface area contributed by atoms with Crippen molar-refractivity contribution in [1.29, 1.82) is 0 Å². The van der Waals surface area contributed by atoms with Gasteiger partial charge < -0.3 is 0 Å². The van der Waals surface area contributed by atoms with Crippen molar-refractivity contribution in [2.45, 2.75) is 25.6 Å². The van der Waals surface area contributed by atoms with Crippen molar-refractivity contribution in [3.05, 3.63) is 18.0 Å². The Morgan fingerprint density at radius 3 is 2.62 bits per heavy atom. The first kappa shape index (κ1) is 10.5. The van der Waals surface area contributed by atoms with Gasteiger partial charge in [-0.05, 0) is 13.8 Å². The Kier molecular flexibility index (Phi) is 2.98. The first-order chi connectivity index (χ1) is 5.88. The van der Waals surface area contributed by atoms with Gasteiger partial charge in [0.05, 0.1) is 11.9 Å². The minimum absolute atomic E-state index is 0.165. The molecule has 0 bridgehead atoms. The fourth-order valence-electron chi connectivity index (χ4n) is 0.933. The standard InChI is InChI=1S/C7H11ClN2O2S/c1-6(2)10-4-7(3-9-10)5-13(8,11)12/h3-4,6H,5H2,1-2H3. The van der Waals surface area contributed by atoms with E-state index in [9.17, 15) is 8.42 Å². The maximum atomic E-state index is 10.7. The third-order valence-corrected chi connectivity index (χ3v) is 2.53. The minimum atomic E-state index is -3.47. The van der Waals surface area contributed by atoms with Gasteiger partial charge in [-0.1, -0.05) is 0 Å². The van der Waals surface area contributed by atoms with E-state index >= 15 is 0 Å². The van der Waals surface area contributed by atoms with Crippen molar-refractivity contribution in [2.75, 3.05) is 0 Å². The molecule has 0 saturated heterocycles. The molecule has 0 spiro atoms. The van der Waals surface area contributed by atoms with Crippen LogP contribution in [0, 0.1) is 0 Å². The van der Waals surface area contributed by atoms with Crippen molar-refractivity contribution in [2.24, 2.45) is 0 Å². The molecule has 0 aromatic carbocycles. The first-order valence-electron chi connectivity index (χ1n) is 3.84. The summed E-state index contributed by atoms with van der Waals surface area (Å²) >= 11 is 0. The van der Waals surface area contributed by atoms with E-state index in [2.05, 4.69) is 5.10 Å². The Balaban J connectivity index is 2.81. The number of aromatic nitrogens is 2. The lowest BCUT2D eigenvalue weighted by atomic mass is 10.4. The molecule has 0 aliphatic rings. The smallest absolute Gasteiger partial charge is 0.236 e. The van der Waals surface area contributed by atoms with Crippen LogP contribution in [0.15, 0.2) is 12.4 Å². The molecule has 74 valence electrons. The van der Waals surface area contributed by atoms with Crippen LogP contribution in [0.2, 0.25) is 0 Å².